The summed E-state index contributed by atoms with van der Waals surface area (Å²) in [5, 5.41) is 10.1. The van der Waals surface area contributed by atoms with Crippen molar-refractivity contribution in [2.24, 2.45) is 5.92 Å². The SMILES string of the molecule is FC(F)(F)COCc1nc(N2CCCC3CNCC32)n[nH]1. The van der Waals surface area contributed by atoms with Crippen LogP contribution in [0.4, 0.5) is 19.1 Å². The summed E-state index contributed by atoms with van der Waals surface area (Å²) in [5.74, 6) is 1.48. The number of nitrogens with zero attached hydrogens (tertiary/aromatic N) is 3. The Bertz CT molecular complexity index is 478. The van der Waals surface area contributed by atoms with E-state index >= 15 is 0 Å². The van der Waals surface area contributed by atoms with E-state index in [1.165, 1.54) is 6.42 Å². The number of hydrogen-bond acceptors (Lipinski definition) is 5. The normalized spacial score (nSPS) is 26.1. The van der Waals surface area contributed by atoms with Crippen LogP contribution >= 0.6 is 0 Å². The number of aromatic amines is 1. The predicted molar refractivity (Wildman–Crippen MR) is 68.8 cm³/mol. The molecule has 0 amide bonds. The molecule has 2 N–H and O–H groups in total. The van der Waals surface area contributed by atoms with Gasteiger partial charge in [-0.15, -0.1) is 5.10 Å². The van der Waals surface area contributed by atoms with E-state index in [1.807, 2.05) is 0 Å². The molecule has 0 bridgehead atoms. The van der Waals surface area contributed by atoms with E-state index < -0.39 is 12.8 Å². The van der Waals surface area contributed by atoms with Crippen molar-refractivity contribution in [1.82, 2.24) is 20.5 Å². The number of piperidine rings is 1. The summed E-state index contributed by atoms with van der Waals surface area (Å²) in [6, 6.07) is 0.374. The molecule has 2 unspecified atom stereocenters. The van der Waals surface area contributed by atoms with Crippen LogP contribution in [0, 0.1) is 5.92 Å². The molecule has 2 aliphatic rings. The molecule has 2 atom stereocenters. The Labute approximate surface area is 120 Å². The van der Waals surface area contributed by atoms with Gasteiger partial charge in [0.1, 0.15) is 13.2 Å². The quantitative estimate of drug-likeness (QED) is 0.871. The molecular formula is C12H18F3N5O. The van der Waals surface area contributed by atoms with Crippen molar-refractivity contribution in [2.75, 3.05) is 31.1 Å². The fourth-order valence-electron chi connectivity index (χ4n) is 3.06. The van der Waals surface area contributed by atoms with E-state index in [0.29, 0.717) is 23.7 Å². The van der Waals surface area contributed by atoms with E-state index in [2.05, 4.69) is 30.1 Å². The van der Waals surface area contributed by atoms with Crippen molar-refractivity contribution in [1.29, 1.82) is 0 Å². The molecule has 0 radical (unpaired) electrons. The van der Waals surface area contributed by atoms with Crippen LogP contribution < -0.4 is 10.2 Å². The molecule has 1 aromatic rings. The van der Waals surface area contributed by atoms with E-state index in [4.69, 9.17) is 0 Å². The smallest absolute Gasteiger partial charge is 0.364 e. The van der Waals surface area contributed by atoms with Crippen molar-refractivity contribution >= 4 is 5.95 Å². The number of alkyl halides is 3. The monoisotopic (exact) mass is 305 g/mol. The summed E-state index contributed by atoms with van der Waals surface area (Å²) < 4.78 is 40.6. The zero-order valence-corrected chi connectivity index (χ0v) is 11.5. The Morgan fingerprint density at radius 3 is 3.00 bits per heavy atom. The second-order valence-corrected chi connectivity index (χ2v) is 5.51. The number of fused-ring (bicyclic) bond motifs is 1. The Balaban J connectivity index is 1.59. The number of anilines is 1. The van der Waals surface area contributed by atoms with Gasteiger partial charge in [0.05, 0.1) is 0 Å². The molecule has 3 heterocycles. The largest absolute Gasteiger partial charge is 0.411 e. The first-order valence-electron chi connectivity index (χ1n) is 7.06. The van der Waals surface area contributed by atoms with Gasteiger partial charge in [-0.3, -0.25) is 5.10 Å². The van der Waals surface area contributed by atoms with Crippen LogP contribution in [-0.4, -0.2) is 53.6 Å². The first kappa shape index (κ1) is 14.6. The molecule has 0 spiro atoms. The first-order valence-corrected chi connectivity index (χ1v) is 7.06. The minimum atomic E-state index is -4.32. The number of ether oxygens (including phenoxy) is 1. The lowest BCUT2D eigenvalue weighted by atomic mass is 9.92. The minimum absolute atomic E-state index is 0.216. The van der Waals surface area contributed by atoms with E-state index in [1.54, 1.807) is 0 Å². The van der Waals surface area contributed by atoms with Gasteiger partial charge in [-0.2, -0.15) is 18.2 Å². The van der Waals surface area contributed by atoms with Gasteiger partial charge in [-0.1, -0.05) is 0 Å². The fourth-order valence-corrected chi connectivity index (χ4v) is 3.06. The zero-order valence-electron chi connectivity index (χ0n) is 11.5. The molecule has 2 fully saturated rings. The van der Waals surface area contributed by atoms with Crippen molar-refractivity contribution in [2.45, 2.75) is 31.7 Å². The zero-order chi connectivity index (χ0) is 14.9. The molecule has 1 aromatic heterocycles. The maximum Gasteiger partial charge on any atom is 0.411 e. The molecule has 9 heteroatoms. The molecule has 3 rings (SSSR count). The molecule has 2 saturated heterocycles. The van der Waals surface area contributed by atoms with Gasteiger partial charge >= 0.3 is 6.18 Å². The summed E-state index contributed by atoms with van der Waals surface area (Å²) in [5.41, 5.74) is 0. The molecule has 0 saturated carbocycles. The number of aromatic nitrogens is 3. The summed E-state index contributed by atoms with van der Waals surface area (Å²) in [6.07, 6.45) is -2.05. The van der Waals surface area contributed by atoms with E-state index in [0.717, 1.165) is 26.1 Å². The average molecular weight is 305 g/mol. The van der Waals surface area contributed by atoms with Crippen LogP contribution in [0.2, 0.25) is 0 Å². The highest BCUT2D eigenvalue weighted by Crippen LogP contribution is 2.29. The molecule has 2 aliphatic heterocycles. The molecule has 6 nitrogen and oxygen atoms in total. The second kappa shape index (κ2) is 5.80. The van der Waals surface area contributed by atoms with Gasteiger partial charge in [0.15, 0.2) is 5.82 Å². The lowest BCUT2D eigenvalue weighted by molar-refractivity contribution is -0.177. The molecular weight excluding hydrogens is 287 g/mol. The summed E-state index contributed by atoms with van der Waals surface area (Å²) in [7, 11) is 0. The number of hydrogen-bond donors (Lipinski definition) is 2. The summed E-state index contributed by atoms with van der Waals surface area (Å²) >= 11 is 0. The van der Waals surface area contributed by atoms with Gasteiger partial charge in [0.2, 0.25) is 5.95 Å². The van der Waals surface area contributed by atoms with Gasteiger partial charge in [0.25, 0.3) is 0 Å². The molecule has 21 heavy (non-hydrogen) atoms. The lowest BCUT2D eigenvalue weighted by Gasteiger charge is -2.36. The highest BCUT2D eigenvalue weighted by molar-refractivity contribution is 5.33. The summed E-state index contributed by atoms with van der Waals surface area (Å²) in [4.78, 5) is 6.39. The Hall–Kier alpha value is -1.35. The minimum Gasteiger partial charge on any atom is -0.364 e. The van der Waals surface area contributed by atoms with E-state index in [-0.39, 0.29) is 6.61 Å². The van der Waals surface area contributed by atoms with Crippen molar-refractivity contribution in [3.8, 4) is 0 Å². The maximum absolute atomic E-state index is 12.0. The highest BCUT2D eigenvalue weighted by atomic mass is 19.4. The Morgan fingerprint density at radius 1 is 1.33 bits per heavy atom. The highest BCUT2D eigenvalue weighted by Gasteiger charge is 2.36. The summed E-state index contributed by atoms with van der Waals surface area (Å²) in [6.45, 7) is 1.30. The number of nitrogens with one attached hydrogen (secondary N) is 2. The lowest BCUT2D eigenvalue weighted by Crippen LogP contribution is -2.45. The second-order valence-electron chi connectivity index (χ2n) is 5.51. The molecule has 118 valence electrons. The van der Waals surface area contributed by atoms with Crippen LogP contribution in [-0.2, 0) is 11.3 Å². The van der Waals surface area contributed by atoms with Crippen LogP contribution in [0.5, 0.6) is 0 Å². The van der Waals surface area contributed by atoms with Gasteiger partial charge in [-0.25, -0.2) is 0 Å². The standard InChI is InChI=1S/C12H18F3N5O/c13-12(14,15)7-21-6-10-17-11(19-18-10)20-3-1-2-8-4-16-5-9(8)20/h8-9,16H,1-7H2,(H,17,18,19). The van der Waals surface area contributed by atoms with Gasteiger partial charge in [-0.05, 0) is 18.8 Å². The maximum atomic E-state index is 12.0. The van der Waals surface area contributed by atoms with Gasteiger partial charge < -0.3 is 15.0 Å². The van der Waals surface area contributed by atoms with Crippen LogP contribution in [0.15, 0.2) is 0 Å². The Morgan fingerprint density at radius 2 is 2.19 bits per heavy atom. The molecule has 0 aromatic carbocycles. The van der Waals surface area contributed by atoms with Crippen LogP contribution in [0.3, 0.4) is 0 Å². The number of rotatable bonds is 4. The van der Waals surface area contributed by atoms with Crippen LogP contribution in [0.25, 0.3) is 0 Å². The predicted octanol–water partition coefficient (Wildman–Crippen LogP) is 1.07. The van der Waals surface area contributed by atoms with Gasteiger partial charge in [0, 0.05) is 25.7 Å². The van der Waals surface area contributed by atoms with Crippen molar-refractivity contribution < 1.29 is 17.9 Å². The van der Waals surface area contributed by atoms with Crippen LogP contribution in [0.1, 0.15) is 18.7 Å². The Kier molecular flexibility index (Phi) is 4.03. The average Bonchev–Trinajstić information content (AvgIpc) is 3.04. The third-order valence-corrected chi connectivity index (χ3v) is 3.96. The first-order chi connectivity index (χ1) is 10.0. The number of halogens is 3. The van der Waals surface area contributed by atoms with Crippen molar-refractivity contribution in [3.63, 3.8) is 0 Å². The third kappa shape index (κ3) is 3.46. The molecule has 0 aliphatic carbocycles. The topological polar surface area (TPSA) is 66.1 Å². The fraction of sp³-hybridized carbons (Fsp3) is 0.833. The number of H-pyrrole nitrogens is 1. The van der Waals surface area contributed by atoms with Crippen molar-refractivity contribution in [3.05, 3.63) is 5.82 Å². The third-order valence-electron chi connectivity index (χ3n) is 3.96. The van der Waals surface area contributed by atoms with E-state index in [9.17, 15) is 13.2 Å².